The molecule has 0 saturated carbocycles. The van der Waals surface area contributed by atoms with Crippen molar-refractivity contribution in [3.8, 4) is 0 Å². The first kappa shape index (κ1) is 12.4. The van der Waals surface area contributed by atoms with Crippen LogP contribution >= 0.6 is 0 Å². The molecule has 84 valence electrons. The molecule has 0 amide bonds. The second kappa shape index (κ2) is 6.76. The molecule has 1 atom stereocenters. The Balaban J connectivity index is 0.000000181. The molecule has 2 aromatic rings. The Labute approximate surface area is 97.2 Å². The first-order chi connectivity index (χ1) is 7.70. The van der Waals surface area contributed by atoms with Crippen molar-refractivity contribution in [3.05, 3.63) is 60.7 Å². The van der Waals surface area contributed by atoms with Crippen LogP contribution in [0.2, 0.25) is 0 Å². The average molecular weight is 234 g/mol. The lowest BCUT2D eigenvalue weighted by Gasteiger charge is -2.03. The second-order valence-electron chi connectivity index (χ2n) is 2.96. The quantitative estimate of drug-likeness (QED) is 0.607. The van der Waals surface area contributed by atoms with E-state index in [1.54, 1.807) is 12.1 Å². The average Bonchev–Trinajstić information content (AvgIpc) is 2.32. The smallest absolute Gasteiger partial charge is 0.0314 e. The molecule has 2 N–H and O–H groups in total. The molecule has 4 heteroatoms. The van der Waals surface area contributed by atoms with Crippen molar-refractivity contribution in [3.63, 3.8) is 0 Å². The monoisotopic (exact) mass is 234 g/mol. The van der Waals surface area contributed by atoms with Crippen molar-refractivity contribution in [1.29, 1.82) is 0 Å². The van der Waals surface area contributed by atoms with Crippen LogP contribution < -0.4 is 5.73 Å². The Bertz CT molecular complexity index is 402. The second-order valence-corrected chi connectivity index (χ2v) is 3.90. The van der Waals surface area contributed by atoms with Crippen LogP contribution in [0.3, 0.4) is 0 Å². The summed E-state index contributed by atoms with van der Waals surface area (Å²) in [7, 11) is 0. The van der Waals surface area contributed by atoms with E-state index >= 15 is 0 Å². The van der Waals surface area contributed by atoms with Gasteiger partial charge in [-0.05, 0) is 35.3 Å². The SMILES string of the molecule is Nc1ccc(S(=O)[O-])cc1.c1ccccc1. The van der Waals surface area contributed by atoms with E-state index in [1.807, 2.05) is 36.4 Å². The molecule has 2 aromatic carbocycles. The highest BCUT2D eigenvalue weighted by atomic mass is 32.2. The maximum absolute atomic E-state index is 10.3. The summed E-state index contributed by atoms with van der Waals surface area (Å²) in [6.07, 6.45) is 0. The number of nitrogens with two attached hydrogens (primary N) is 1. The van der Waals surface area contributed by atoms with E-state index in [0.717, 1.165) is 0 Å². The zero-order valence-corrected chi connectivity index (χ0v) is 9.39. The van der Waals surface area contributed by atoms with Crippen molar-refractivity contribution in [2.24, 2.45) is 0 Å². The lowest BCUT2D eigenvalue weighted by Crippen LogP contribution is -1.89. The lowest BCUT2D eigenvalue weighted by molar-refractivity contribution is 0.537. The highest BCUT2D eigenvalue weighted by Gasteiger charge is 1.88. The molecule has 16 heavy (non-hydrogen) atoms. The van der Waals surface area contributed by atoms with Crippen LogP contribution in [0.25, 0.3) is 0 Å². The fourth-order valence-electron chi connectivity index (χ4n) is 0.964. The number of hydrogen-bond acceptors (Lipinski definition) is 3. The van der Waals surface area contributed by atoms with Gasteiger partial charge in [-0.1, -0.05) is 36.4 Å². The Kier molecular flexibility index (Phi) is 5.25. The van der Waals surface area contributed by atoms with Crippen molar-refractivity contribution in [2.45, 2.75) is 4.90 Å². The van der Waals surface area contributed by atoms with E-state index in [2.05, 4.69) is 0 Å². The largest absolute Gasteiger partial charge is 0.768 e. The van der Waals surface area contributed by atoms with Crippen LogP contribution in [0.1, 0.15) is 0 Å². The molecule has 0 heterocycles. The molecule has 0 fully saturated rings. The standard InChI is InChI=1S/C6H7NO2S.C6H6/c7-5-1-3-6(4-2-5)10(8)9;1-2-4-6-5-3-1/h1-4H,7H2,(H,8,9);1-6H/p-1. The van der Waals surface area contributed by atoms with Gasteiger partial charge in [0.15, 0.2) is 0 Å². The van der Waals surface area contributed by atoms with E-state index in [1.165, 1.54) is 12.1 Å². The molecule has 0 saturated heterocycles. The van der Waals surface area contributed by atoms with Gasteiger partial charge in [0.05, 0.1) is 0 Å². The highest BCUT2D eigenvalue weighted by Crippen LogP contribution is 2.07. The summed E-state index contributed by atoms with van der Waals surface area (Å²) < 4.78 is 20.5. The molecule has 0 aromatic heterocycles. The normalized spacial score (nSPS) is 11.1. The highest BCUT2D eigenvalue weighted by molar-refractivity contribution is 7.79. The minimum absolute atomic E-state index is 0.259. The molecule has 3 nitrogen and oxygen atoms in total. The third-order valence-electron chi connectivity index (χ3n) is 1.74. The van der Waals surface area contributed by atoms with Gasteiger partial charge in [-0.2, -0.15) is 0 Å². The van der Waals surface area contributed by atoms with E-state index in [-0.39, 0.29) is 4.90 Å². The molecular weight excluding hydrogens is 222 g/mol. The minimum Gasteiger partial charge on any atom is -0.768 e. The third kappa shape index (κ3) is 4.72. The number of benzene rings is 2. The van der Waals surface area contributed by atoms with Crippen molar-refractivity contribution >= 4 is 16.8 Å². The van der Waals surface area contributed by atoms with E-state index < -0.39 is 11.1 Å². The van der Waals surface area contributed by atoms with Crippen LogP contribution in [-0.4, -0.2) is 8.76 Å². The number of nitrogen functional groups attached to an aromatic ring is 1. The summed E-state index contributed by atoms with van der Waals surface area (Å²) in [5.41, 5.74) is 5.89. The van der Waals surface area contributed by atoms with E-state index in [4.69, 9.17) is 5.73 Å². The van der Waals surface area contributed by atoms with Gasteiger partial charge in [-0.3, -0.25) is 4.21 Å². The van der Waals surface area contributed by atoms with Gasteiger partial charge in [-0.25, -0.2) is 0 Å². The zero-order chi connectivity index (χ0) is 11.8. The van der Waals surface area contributed by atoms with Gasteiger partial charge >= 0.3 is 0 Å². The summed E-state index contributed by atoms with van der Waals surface area (Å²) in [6, 6.07) is 18.0. The van der Waals surface area contributed by atoms with Crippen molar-refractivity contribution < 1.29 is 8.76 Å². The molecule has 0 spiro atoms. The Morgan fingerprint density at radius 1 is 0.875 bits per heavy atom. The number of rotatable bonds is 1. The molecule has 0 radical (unpaired) electrons. The Morgan fingerprint density at radius 3 is 1.56 bits per heavy atom. The maximum atomic E-state index is 10.3. The molecule has 0 aliphatic heterocycles. The van der Waals surface area contributed by atoms with E-state index in [9.17, 15) is 8.76 Å². The van der Waals surface area contributed by atoms with Gasteiger partial charge in [0.25, 0.3) is 0 Å². The molecule has 1 unspecified atom stereocenters. The number of anilines is 1. The fourth-order valence-corrected chi connectivity index (χ4v) is 1.32. The van der Waals surface area contributed by atoms with Crippen LogP contribution in [0.15, 0.2) is 65.6 Å². The predicted molar refractivity (Wildman–Crippen MR) is 64.5 cm³/mol. The molecule has 0 aliphatic carbocycles. The van der Waals surface area contributed by atoms with Crippen LogP contribution in [0, 0.1) is 0 Å². The van der Waals surface area contributed by atoms with E-state index in [0.29, 0.717) is 5.69 Å². The van der Waals surface area contributed by atoms with Crippen molar-refractivity contribution in [2.75, 3.05) is 5.73 Å². The van der Waals surface area contributed by atoms with Crippen molar-refractivity contribution in [1.82, 2.24) is 0 Å². The van der Waals surface area contributed by atoms with Crippen LogP contribution in [0.4, 0.5) is 5.69 Å². The fraction of sp³-hybridized carbons (Fsp3) is 0. The maximum Gasteiger partial charge on any atom is 0.0314 e. The summed E-state index contributed by atoms with van der Waals surface area (Å²) in [5, 5.41) is 0. The predicted octanol–water partition coefficient (Wildman–Crippen LogP) is 2.19. The summed E-state index contributed by atoms with van der Waals surface area (Å²) >= 11 is -2.14. The van der Waals surface area contributed by atoms with Gasteiger partial charge in [0.2, 0.25) is 0 Å². The van der Waals surface area contributed by atoms with Crippen LogP contribution in [0.5, 0.6) is 0 Å². The molecule has 0 bridgehead atoms. The summed E-state index contributed by atoms with van der Waals surface area (Å²) in [6.45, 7) is 0. The Morgan fingerprint density at radius 2 is 1.25 bits per heavy atom. The topological polar surface area (TPSA) is 66.2 Å². The number of hydrogen-bond donors (Lipinski definition) is 1. The van der Waals surface area contributed by atoms with Gasteiger partial charge in [-0.15, -0.1) is 0 Å². The summed E-state index contributed by atoms with van der Waals surface area (Å²) in [5.74, 6) is 0. The third-order valence-corrected chi connectivity index (χ3v) is 2.40. The minimum atomic E-state index is -2.14. The zero-order valence-electron chi connectivity index (χ0n) is 8.58. The first-order valence-corrected chi connectivity index (χ1v) is 5.72. The van der Waals surface area contributed by atoms with Gasteiger partial charge < -0.3 is 10.3 Å². The van der Waals surface area contributed by atoms with Crippen LogP contribution in [-0.2, 0) is 11.1 Å². The Hall–Kier alpha value is -1.65. The summed E-state index contributed by atoms with van der Waals surface area (Å²) in [4.78, 5) is 0.259. The molecule has 2 rings (SSSR count). The first-order valence-electron chi connectivity index (χ1n) is 4.65. The lowest BCUT2D eigenvalue weighted by atomic mass is 10.3. The molecule has 0 aliphatic rings. The molecular formula is C12H12NO2S-. The van der Waals surface area contributed by atoms with Gasteiger partial charge in [0, 0.05) is 10.6 Å². The van der Waals surface area contributed by atoms with Gasteiger partial charge in [0.1, 0.15) is 0 Å².